The van der Waals surface area contributed by atoms with Crippen LogP contribution in [-0.4, -0.2) is 59.4 Å². The lowest BCUT2D eigenvalue weighted by Crippen LogP contribution is -2.49. The van der Waals surface area contributed by atoms with Gasteiger partial charge in [0, 0.05) is 38.8 Å². The minimum Gasteiger partial charge on any atom is -0.452 e. The second-order valence-electron chi connectivity index (χ2n) is 7.15. The zero-order valence-electron chi connectivity index (χ0n) is 16.5. The number of rotatable bonds is 6. The molecule has 0 aromatic heterocycles. The SMILES string of the molecule is Cc1cccc(CN2CCN(C(=O)COC(=O)c3ccc([N+](=O)[O-])c(F)c3)CC2)c1. The minimum atomic E-state index is -1.13. The predicted molar refractivity (Wildman–Crippen MR) is 106 cm³/mol. The van der Waals surface area contributed by atoms with Crippen LogP contribution >= 0.6 is 0 Å². The summed E-state index contributed by atoms with van der Waals surface area (Å²) in [5.41, 5.74) is 1.51. The second kappa shape index (κ2) is 9.45. The highest BCUT2D eigenvalue weighted by molar-refractivity contribution is 5.91. The van der Waals surface area contributed by atoms with Gasteiger partial charge in [-0.1, -0.05) is 29.8 Å². The van der Waals surface area contributed by atoms with E-state index in [1.54, 1.807) is 4.90 Å². The number of ether oxygens (including phenoxy) is 1. The molecule has 2 aromatic rings. The number of aryl methyl sites for hydroxylation is 1. The number of carbonyl (C=O) groups excluding carboxylic acids is 2. The van der Waals surface area contributed by atoms with E-state index >= 15 is 0 Å². The number of nitrogens with zero attached hydrogens (tertiary/aromatic N) is 3. The summed E-state index contributed by atoms with van der Waals surface area (Å²) >= 11 is 0. The molecule has 3 rings (SSSR count). The van der Waals surface area contributed by atoms with E-state index in [0.717, 1.165) is 24.7 Å². The fourth-order valence-corrected chi connectivity index (χ4v) is 3.31. The Morgan fingerprint density at radius 3 is 2.50 bits per heavy atom. The van der Waals surface area contributed by atoms with Gasteiger partial charge in [0.05, 0.1) is 10.5 Å². The maximum absolute atomic E-state index is 13.6. The van der Waals surface area contributed by atoms with Crippen molar-refractivity contribution in [1.29, 1.82) is 0 Å². The molecule has 1 aliphatic rings. The molecule has 30 heavy (non-hydrogen) atoms. The standard InChI is InChI=1S/C21H22FN3O5/c1-15-3-2-4-16(11-15)13-23-7-9-24(10-8-23)20(26)14-30-21(27)17-5-6-19(25(28)29)18(22)12-17/h2-6,11-12H,7-10,13-14H2,1H3. The highest BCUT2D eigenvalue weighted by Gasteiger charge is 2.23. The van der Waals surface area contributed by atoms with E-state index in [2.05, 4.69) is 17.0 Å². The Bertz CT molecular complexity index is 957. The predicted octanol–water partition coefficient (Wildman–Crippen LogP) is 2.54. The third-order valence-corrected chi connectivity index (χ3v) is 4.92. The van der Waals surface area contributed by atoms with Gasteiger partial charge < -0.3 is 9.64 Å². The van der Waals surface area contributed by atoms with Crippen LogP contribution in [0.1, 0.15) is 21.5 Å². The molecule has 0 saturated carbocycles. The number of hydrogen-bond acceptors (Lipinski definition) is 6. The highest BCUT2D eigenvalue weighted by atomic mass is 19.1. The van der Waals surface area contributed by atoms with Crippen LogP contribution in [0.2, 0.25) is 0 Å². The number of piperazine rings is 1. The molecule has 0 radical (unpaired) electrons. The average molecular weight is 415 g/mol. The summed E-state index contributed by atoms with van der Waals surface area (Å²) in [5, 5.41) is 10.6. The normalized spacial score (nSPS) is 14.4. The van der Waals surface area contributed by atoms with Gasteiger partial charge in [-0.3, -0.25) is 19.8 Å². The highest BCUT2D eigenvalue weighted by Crippen LogP contribution is 2.18. The van der Waals surface area contributed by atoms with Gasteiger partial charge in [-0.25, -0.2) is 4.79 Å². The van der Waals surface area contributed by atoms with Crippen LogP contribution in [-0.2, 0) is 16.1 Å². The Balaban J connectivity index is 1.46. The maximum atomic E-state index is 13.6. The van der Waals surface area contributed by atoms with Crippen molar-refractivity contribution in [2.45, 2.75) is 13.5 Å². The van der Waals surface area contributed by atoms with Crippen molar-refractivity contribution in [2.24, 2.45) is 0 Å². The van der Waals surface area contributed by atoms with E-state index in [0.29, 0.717) is 26.2 Å². The van der Waals surface area contributed by atoms with Crippen molar-refractivity contribution in [3.8, 4) is 0 Å². The number of esters is 1. The molecule has 9 heteroatoms. The zero-order valence-corrected chi connectivity index (χ0v) is 16.5. The summed E-state index contributed by atoms with van der Waals surface area (Å²) in [6.45, 7) is 4.86. The Hall–Kier alpha value is -3.33. The van der Waals surface area contributed by atoms with Crippen LogP contribution in [0.5, 0.6) is 0 Å². The van der Waals surface area contributed by atoms with E-state index in [1.165, 1.54) is 11.1 Å². The number of carbonyl (C=O) groups is 2. The average Bonchev–Trinajstić information content (AvgIpc) is 2.72. The number of hydrogen-bond donors (Lipinski definition) is 0. The number of nitro groups is 1. The summed E-state index contributed by atoms with van der Waals surface area (Å²) in [4.78, 5) is 38.0. The first-order valence-electron chi connectivity index (χ1n) is 9.50. The zero-order chi connectivity index (χ0) is 21.7. The van der Waals surface area contributed by atoms with E-state index in [1.807, 2.05) is 19.1 Å². The molecular formula is C21H22FN3O5. The van der Waals surface area contributed by atoms with E-state index in [4.69, 9.17) is 4.74 Å². The lowest BCUT2D eigenvalue weighted by molar-refractivity contribution is -0.387. The molecule has 158 valence electrons. The van der Waals surface area contributed by atoms with Crippen LogP contribution < -0.4 is 0 Å². The van der Waals surface area contributed by atoms with Crippen LogP contribution in [0.25, 0.3) is 0 Å². The lowest BCUT2D eigenvalue weighted by atomic mass is 10.1. The second-order valence-corrected chi connectivity index (χ2v) is 7.15. The van der Waals surface area contributed by atoms with Crippen molar-refractivity contribution in [1.82, 2.24) is 9.80 Å². The van der Waals surface area contributed by atoms with E-state index in [9.17, 15) is 24.1 Å². The van der Waals surface area contributed by atoms with Gasteiger partial charge in [0.1, 0.15) is 0 Å². The molecule has 1 saturated heterocycles. The Kier molecular flexibility index (Phi) is 6.73. The van der Waals surface area contributed by atoms with Crippen LogP contribution in [0, 0.1) is 22.9 Å². The monoisotopic (exact) mass is 415 g/mol. The fourth-order valence-electron chi connectivity index (χ4n) is 3.31. The summed E-state index contributed by atoms with van der Waals surface area (Å²) < 4.78 is 18.6. The largest absolute Gasteiger partial charge is 0.452 e. The van der Waals surface area contributed by atoms with Gasteiger partial charge >= 0.3 is 11.7 Å². The molecule has 1 fully saturated rings. The minimum absolute atomic E-state index is 0.186. The van der Waals surface area contributed by atoms with Gasteiger partial charge in [-0.05, 0) is 24.6 Å². The van der Waals surface area contributed by atoms with Crippen LogP contribution in [0.4, 0.5) is 10.1 Å². The lowest BCUT2D eigenvalue weighted by Gasteiger charge is -2.34. The van der Waals surface area contributed by atoms with Gasteiger partial charge in [-0.2, -0.15) is 4.39 Å². The quantitative estimate of drug-likeness (QED) is 0.409. The van der Waals surface area contributed by atoms with Gasteiger partial charge in [-0.15, -0.1) is 0 Å². The Morgan fingerprint density at radius 1 is 1.13 bits per heavy atom. The molecule has 8 nitrogen and oxygen atoms in total. The molecule has 1 heterocycles. The van der Waals surface area contributed by atoms with Crippen LogP contribution in [0.15, 0.2) is 42.5 Å². The van der Waals surface area contributed by atoms with Gasteiger partial charge in [0.15, 0.2) is 6.61 Å². The molecule has 0 unspecified atom stereocenters. The molecule has 0 spiro atoms. The number of halogens is 1. The van der Waals surface area contributed by atoms with E-state index < -0.39 is 29.0 Å². The molecule has 0 bridgehead atoms. The Labute approximate surface area is 173 Å². The van der Waals surface area contributed by atoms with Crippen molar-refractivity contribution in [3.63, 3.8) is 0 Å². The Morgan fingerprint density at radius 2 is 1.87 bits per heavy atom. The van der Waals surface area contributed by atoms with Gasteiger partial charge in [0.2, 0.25) is 5.82 Å². The van der Waals surface area contributed by atoms with Crippen molar-refractivity contribution >= 4 is 17.6 Å². The molecule has 0 aliphatic carbocycles. The van der Waals surface area contributed by atoms with Crippen molar-refractivity contribution in [3.05, 3.63) is 75.1 Å². The summed E-state index contributed by atoms with van der Waals surface area (Å²) in [5.74, 6) is -2.37. The summed E-state index contributed by atoms with van der Waals surface area (Å²) in [6, 6.07) is 11.0. The first-order valence-corrected chi connectivity index (χ1v) is 9.50. The third kappa shape index (κ3) is 5.38. The molecular weight excluding hydrogens is 393 g/mol. The van der Waals surface area contributed by atoms with Gasteiger partial charge in [0.25, 0.3) is 5.91 Å². The maximum Gasteiger partial charge on any atom is 0.338 e. The number of nitro benzene ring substituents is 1. The smallest absolute Gasteiger partial charge is 0.338 e. The third-order valence-electron chi connectivity index (χ3n) is 4.92. The summed E-state index contributed by atoms with van der Waals surface area (Å²) in [7, 11) is 0. The molecule has 0 atom stereocenters. The van der Waals surface area contributed by atoms with E-state index in [-0.39, 0.29) is 11.5 Å². The topological polar surface area (TPSA) is 93.0 Å². The number of benzene rings is 2. The first-order chi connectivity index (χ1) is 14.3. The molecule has 2 aromatic carbocycles. The number of amides is 1. The fraction of sp³-hybridized carbons (Fsp3) is 0.333. The van der Waals surface area contributed by atoms with Crippen LogP contribution in [0.3, 0.4) is 0 Å². The first kappa shape index (κ1) is 21.4. The molecule has 1 amide bonds. The molecule has 0 N–H and O–H groups in total. The van der Waals surface area contributed by atoms with Crippen molar-refractivity contribution in [2.75, 3.05) is 32.8 Å². The summed E-state index contributed by atoms with van der Waals surface area (Å²) in [6.07, 6.45) is 0. The molecule has 1 aliphatic heterocycles. The van der Waals surface area contributed by atoms with Crippen molar-refractivity contribution < 1.29 is 23.6 Å².